The van der Waals surface area contributed by atoms with Gasteiger partial charge in [0, 0.05) is 16.8 Å². The lowest BCUT2D eigenvalue weighted by Gasteiger charge is -2.11. The van der Waals surface area contributed by atoms with E-state index in [9.17, 15) is 9.59 Å². The predicted molar refractivity (Wildman–Crippen MR) is 118 cm³/mol. The Balaban J connectivity index is 1.58. The third kappa shape index (κ3) is 3.89. The number of oxazole rings is 1. The minimum absolute atomic E-state index is 0.0435. The maximum atomic E-state index is 12.7. The number of nitrogens with zero attached hydrogens (tertiary/aromatic N) is 1. The van der Waals surface area contributed by atoms with Crippen molar-refractivity contribution >= 4 is 22.7 Å². The average molecular weight is 401 g/mol. The molecule has 4 aromatic rings. The van der Waals surface area contributed by atoms with Crippen LogP contribution in [-0.4, -0.2) is 15.9 Å². The Kier molecular flexibility index (Phi) is 4.78. The van der Waals surface area contributed by atoms with Crippen molar-refractivity contribution in [2.75, 3.05) is 5.32 Å². The van der Waals surface area contributed by atoms with Gasteiger partial charge in [-0.15, -0.1) is 0 Å². The quantitative estimate of drug-likeness (QED) is 0.503. The van der Waals surface area contributed by atoms with Crippen molar-refractivity contribution in [2.24, 2.45) is 0 Å². The van der Waals surface area contributed by atoms with E-state index in [-0.39, 0.29) is 11.0 Å². The first-order valence-corrected chi connectivity index (χ1v) is 9.73. The minimum Gasteiger partial charge on any atom is -0.440 e. The van der Waals surface area contributed by atoms with Crippen LogP contribution in [0.2, 0.25) is 0 Å². The summed E-state index contributed by atoms with van der Waals surface area (Å²) in [5, 5.41) is 2.77. The lowest BCUT2D eigenvalue weighted by molar-refractivity contribution is 0.102. The summed E-state index contributed by atoms with van der Waals surface area (Å²) >= 11 is 0. The van der Waals surface area contributed by atoms with Crippen LogP contribution in [0.1, 0.15) is 42.6 Å². The van der Waals surface area contributed by atoms with Gasteiger partial charge in [0.2, 0.25) is 5.89 Å². The average Bonchev–Trinajstić information content (AvgIpc) is 3.12. The Morgan fingerprint density at radius 1 is 1.07 bits per heavy atom. The number of amides is 1. The molecule has 4 rings (SSSR count). The molecule has 0 saturated carbocycles. The highest BCUT2D eigenvalue weighted by Crippen LogP contribution is 2.27. The first-order chi connectivity index (χ1) is 14.2. The molecule has 2 heterocycles. The van der Waals surface area contributed by atoms with Crippen molar-refractivity contribution in [2.45, 2.75) is 33.1 Å². The second-order valence-electron chi connectivity index (χ2n) is 8.39. The van der Waals surface area contributed by atoms with E-state index in [1.807, 2.05) is 52.0 Å². The normalized spacial score (nSPS) is 11.6. The molecule has 0 bridgehead atoms. The van der Waals surface area contributed by atoms with Crippen molar-refractivity contribution in [3.8, 4) is 11.3 Å². The maximum Gasteiger partial charge on any atom is 0.261 e. The fourth-order valence-corrected chi connectivity index (χ4v) is 3.16. The smallest absolute Gasteiger partial charge is 0.261 e. The number of benzene rings is 2. The molecule has 0 atom stereocenters. The van der Waals surface area contributed by atoms with E-state index in [1.165, 1.54) is 6.07 Å². The third-order valence-corrected chi connectivity index (χ3v) is 4.77. The van der Waals surface area contributed by atoms with E-state index in [2.05, 4.69) is 15.3 Å². The summed E-state index contributed by atoms with van der Waals surface area (Å²) < 4.78 is 5.78. The van der Waals surface area contributed by atoms with E-state index in [1.54, 1.807) is 24.3 Å². The number of anilines is 1. The Morgan fingerprint density at radius 3 is 2.57 bits per heavy atom. The van der Waals surface area contributed by atoms with Gasteiger partial charge in [0.1, 0.15) is 11.1 Å². The van der Waals surface area contributed by atoms with E-state index >= 15 is 0 Å². The summed E-state index contributed by atoms with van der Waals surface area (Å²) in [7, 11) is 0. The molecule has 0 aliphatic rings. The second-order valence-corrected chi connectivity index (χ2v) is 8.39. The lowest BCUT2D eigenvalue weighted by Crippen LogP contribution is -2.23. The highest BCUT2D eigenvalue weighted by molar-refractivity contribution is 6.04. The number of nitrogens with one attached hydrogen (secondary N) is 2. The summed E-state index contributed by atoms with van der Waals surface area (Å²) in [4.78, 5) is 32.5. The number of rotatable bonds is 3. The van der Waals surface area contributed by atoms with Gasteiger partial charge in [-0.05, 0) is 48.9 Å². The highest BCUT2D eigenvalue weighted by Gasteiger charge is 2.21. The lowest BCUT2D eigenvalue weighted by atomic mass is 9.97. The van der Waals surface area contributed by atoms with E-state index in [4.69, 9.17) is 4.42 Å². The molecule has 0 saturated heterocycles. The van der Waals surface area contributed by atoms with Crippen molar-refractivity contribution in [3.05, 3.63) is 82.0 Å². The monoisotopic (exact) mass is 401 g/mol. The van der Waals surface area contributed by atoms with Gasteiger partial charge in [0.15, 0.2) is 5.58 Å². The molecule has 2 aromatic carbocycles. The molecular weight excluding hydrogens is 378 g/mol. The molecule has 1 amide bonds. The highest BCUT2D eigenvalue weighted by atomic mass is 16.3. The van der Waals surface area contributed by atoms with Crippen molar-refractivity contribution in [1.82, 2.24) is 9.97 Å². The summed E-state index contributed by atoms with van der Waals surface area (Å²) in [6.07, 6.45) is 0. The first kappa shape index (κ1) is 19.6. The fourth-order valence-electron chi connectivity index (χ4n) is 3.16. The van der Waals surface area contributed by atoms with Gasteiger partial charge in [-0.25, -0.2) is 4.98 Å². The molecule has 152 valence electrons. The van der Waals surface area contributed by atoms with E-state index in [0.717, 1.165) is 11.1 Å². The van der Waals surface area contributed by atoms with Crippen LogP contribution in [0.15, 0.2) is 63.8 Å². The van der Waals surface area contributed by atoms with Gasteiger partial charge in [0.25, 0.3) is 11.5 Å². The number of pyridine rings is 1. The minimum atomic E-state index is -0.481. The summed E-state index contributed by atoms with van der Waals surface area (Å²) in [6, 6.07) is 16.3. The number of fused-ring (bicyclic) bond motifs is 1. The third-order valence-electron chi connectivity index (χ3n) is 4.77. The van der Waals surface area contributed by atoms with Crippen molar-refractivity contribution in [1.29, 1.82) is 0 Å². The molecule has 30 heavy (non-hydrogen) atoms. The second kappa shape index (κ2) is 7.30. The van der Waals surface area contributed by atoms with Crippen molar-refractivity contribution in [3.63, 3.8) is 0 Å². The maximum absolute atomic E-state index is 12.7. The number of H-pyrrole nitrogens is 1. The largest absolute Gasteiger partial charge is 0.440 e. The number of carbonyl (C=O) groups is 1. The van der Waals surface area contributed by atoms with Crippen LogP contribution in [0.25, 0.3) is 22.4 Å². The topological polar surface area (TPSA) is 88.0 Å². The number of aromatic amines is 1. The molecule has 0 radical (unpaired) electrons. The van der Waals surface area contributed by atoms with Crippen molar-refractivity contribution < 1.29 is 9.21 Å². The molecule has 0 spiro atoms. The molecule has 6 nitrogen and oxygen atoms in total. The Labute approximate surface area is 174 Å². The molecule has 0 fully saturated rings. The first-order valence-electron chi connectivity index (χ1n) is 9.73. The van der Waals surface area contributed by atoms with Gasteiger partial charge in [-0.2, -0.15) is 0 Å². The SMILES string of the molecule is Cc1cccc(-c2ccc(C(=O)Nc3ccc4oc(C(C)(C)C)nc4c3)c(=O)[nH]2)c1. The molecule has 0 aliphatic carbocycles. The van der Waals surface area contributed by atoms with Crippen LogP contribution >= 0.6 is 0 Å². The summed E-state index contributed by atoms with van der Waals surface area (Å²) in [6.45, 7) is 8.05. The van der Waals surface area contributed by atoms with Gasteiger partial charge in [-0.1, -0.05) is 44.5 Å². The van der Waals surface area contributed by atoms with Crippen LogP contribution in [0.5, 0.6) is 0 Å². The molecule has 6 heteroatoms. The number of aromatic nitrogens is 2. The van der Waals surface area contributed by atoms with E-state index < -0.39 is 11.5 Å². The molecule has 2 N–H and O–H groups in total. The standard InChI is InChI=1S/C24H23N3O3/c1-14-6-5-7-15(12-14)18-10-9-17(22(29)26-18)21(28)25-16-8-11-20-19(13-16)27-23(30-20)24(2,3)4/h5-13H,1-4H3,(H,25,28)(H,26,29). The number of aryl methyl sites for hydroxylation is 1. The van der Waals surface area contributed by atoms with Gasteiger partial charge in [0.05, 0.1) is 0 Å². The molecule has 2 aromatic heterocycles. The Morgan fingerprint density at radius 2 is 1.87 bits per heavy atom. The fraction of sp³-hybridized carbons (Fsp3) is 0.208. The Hall–Kier alpha value is -3.67. The molecular formula is C24H23N3O3. The number of carbonyl (C=O) groups excluding carboxylic acids is 1. The van der Waals surface area contributed by atoms with Gasteiger partial charge < -0.3 is 14.7 Å². The van der Waals surface area contributed by atoms with Gasteiger partial charge >= 0.3 is 0 Å². The van der Waals surface area contributed by atoms with Crippen LogP contribution < -0.4 is 10.9 Å². The number of hydrogen-bond acceptors (Lipinski definition) is 4. The molecule has 0 aliphatic heterocycles. The van der Waals surface area contributed by atoms with Crippen LogP contribution in [0.3, 0.4) is 0 Å². The van der Waals surface area contributed by atoms with Crippen LogP contribution in [-0.2, 0) is 5.41 Å². The zero-order chi connectivity index (χ0) is 21.5. The summed E-state index contributed by atoms with van der Waals surface area (Å²) in [5.74, 6) is 0.148. The van der Waals surface area contributed by atoms with E-state index in [0.29, 0.717) is 28.4 Å². The zero-order valence-electron chi connectivity index (χ0n) is 17.4. The predicted octanol–water partition coefficient (Wildman–Crippen LogP) is 5.04. The zero-order valence-corrected chi connectivity index (χ0v) is 17.4. The number of hydrogen-bond donors (Lipinski definition) is 2. The van der Waals surface area contributed by atoms with Gasteiger partial charge in [-0.3, -0.25) is 9.59 Å². The Bertz CT molecular complexity index is 1310. The summed E-state index contributed by atoms with van der Waals surface area (Å²) in [5.41, 5.74) is 3.89. The molecule has 0 unspecified atom stereocenters. The van der Waals surface area contributed by atoms with Crippen LogP contribution in [0, 0.1) is 6.92 Å². The van der Waals surface area contributed by atoms with Crippen LogP contribution in [0.4, 0.5) is 5.69 Å².